The van der Waals surface area contributed by atoms with Crippen molar-refractivity contribution in [2.24, 2.45) is 5.41 Å². The average molecular weight is 255 g/mol. The molecule has 1 N–H and O–H groups in total. The number of hydrogen-bond acceptors (Lipinski definition) is 3. The molecule has 3 nitrogen and oxygen atoms in total. The summed E-state index contributed by atoms with van der Waals surface area (Å²) >= 11 is 0. The number of rotatable bonds is 4. The predicted molar refractivity (Wildman–Crippen MR) is 73.7 cm³/mol. The number of likely N-dealkylation sites (tertiary alicyclic amines) is 1. The van der Waals surface area contributed by atoms with E-state index in [9.17, 15) is 5.11 Å². The summed E-state index contributed by atoms with van der Waals surface area (Å²) in [6.45, 7) is 4.88. The first-order valence-corrected chi connectivity index (χ1v) is 7.57. The molecule has 0 radical (unpaired) electrons. The highest BCUT2D eigenvalue weighted by Crippen LogP contribution is 2.37. The molecule has 0 aromatic carbocycles. The molecule has 0 aromatic rings. The molecule has 0 aromatic heterocycles. The van der Waals surface area contributed by atoms with Gasteiger partial charge < -0.3 is 9.84 Å². The summed E-state index contributed by atoms with van der Waals surface area (Å²) in [6.07, 6.45) is 9.07. The van der Waals surface area contributed by atoms with E-state index >= 15 is 0 Å². The Morgan fingerprint density at radius 1 is 1.28 bits per heavy atom. The zero-order chi connectivity index (χ0) is 13.0. The van der Waals surface area contributed by atoms with E-state index in [2.05, 4.69) is 11.8 Å². The summed E-state index contributed by atoms with van der Waals surface area (Å²) < 4.78 is 5.48. The van der Waals surface area contributed by atoms with Crippen LogP contribution in [0.15, 0.2) is 0 Å². The molecule has 3 heteroatoms. The molecule has 1 heterocycles. The lowest BCUT2D eigenvalue weighted by Gasteiger charge is -2.45. The number of methoxy groups -OCH3 is 1. The number of ether oxygens (including phenoxy) is 1. The molecule has 1 saturated heterocycles. The van der Waals surface area contributed by atoms with Crippen LogP contribution in [0, 0.1) is 5.41 Å². The maximum Gasteiger partial charge on any atom is 0.0598 e. The molecule has 2 aliphatic rings. The summed E-state index contributed by atoms with van der Waals surface area (Å²) in [4.78, 5) is 2.58. The van der Waals surface area contributed by atoms with Crippen molar-refractivity contribution in [3.05, 3.63) is 0 Å². The average Bonchev–Trinajstić information content (AvgIpc) is 2.42. The van der Waals surface area contributed by atoms with Gasteiger partial charge in [0, 0.05) is 38.3 Å². The third-order valence-corrected chi connectivity index (χ3v) is 5.09. The minimum atomic E-state index is 0.187. The molecule has 2 fully saturated rings. The maximum absolute atomic E-state index is 9.81. The van der Waals surface area contributed by atoms with Crippen molar-refractivity contribution >= 4 is 0 Å². The van der Waals surface area contributed by atoms with E-state index in [0.717, 1.165) is 25.9 Å². The first-order chi connectivity index (χ1) is 8.69. The van der Waals surface area contributed by atoms with Gasteiger partial charge in [-0.2, -0.15) is 0 Å². The Kier molecular flexibility index (Phi) is 5.05. The van der Waals surface area contributed by atoms with Crippen molar-refractivity contribution < 1.29 is 9.84 Å². The molecule has 1 aliphatic carbocycles. The number of nitrogens with zero attached hydrogens (tertiary/aromatic N) is 1. The summed E-state index contributed by atoms with van der Waals surface area (Å²) in [5, 5.41) is 9.81. The van der Waals surface area contributed by atoms with E-state index in [1.165, 1.54) is 32.1 Å². The zero-order valence-electron chi connectivity index (χ0n) is 12.0. The molecule has 106 valence electrons. The van der Waals surface area contributed by atoms with Gasteiger partial charge in [-0.1, -0.05) is 19.3 Å². The van der Waals surface area contributed by atoms with Crippen LogP contribution in [0.3, 0.4) is 0 Å². The predicted octanol–water partition coefficient (Wildman–Crippen LogP) is 2.43. The van der Waals surface area contributed by atoms with Crippen molar-refractivity contribution in [1.29, 1.82) is 0 Å². The van der Waals surface area contributed by atoms with Gasteiger partial charge in [-0.3, -0.25) is 4.90 Å². The van der Waals surface area contributed by atoms with Crippen LogP contribution in [0.5, 0.6) is 0 Å². The van der Waals surface area contributed by atoms with Crippen LogP contribution in [-0.4, -0.2) is 49.0 Å². The molecule has 2 atom stereocenters. The van der Waals surface area contributed by atoms with Crippen LogP contribution >= 0.6 is 0 Å². The van der Waals surface area contributed by atoms with Crippen LogP contribution in [0.25, 0.3) is 0 Å². The smallest absolute Gasteiger partial charge is 0.0598 e. The third-order valence-electron chi connectivity index (χ3n) is 5.09. The number of aliphatic hydroxyl groups excluding tert-OH is 1. The van der Waals surface area contributed by atoms with E-state index in [1.807, 2.05) is 7.11 Å². The van der Waals surface area contributed by atoms with Gasteiger partial charge in [-0.25, -0.2) is 0 Å². The Morgan fingerprint density at radius 2 is 2.00 bits per heavy atom. The molecule has 2 rings (SSSR count). The maximum atomic E-state index is 9.81. The van der Waals surface area contributed by atoms with Crippen molar-refractivity contribution in [2.45, 2.75) is 64.0 Å². The van der Waals surface area contributed by atoms with E-state index in [1.54, 1.807) is 0 Å². The number of piperidine rings is 1. The third kappa shape index (κ3) is 3.25. The van der Waals surface area contributed by atoms with Gasteiger partial charge in [0.05, 0.1) is 6.10 Å². The Balaban J connectivity index is 1.91. The molecular weight excluding hydrogens is 226 g/mol. The summed E-state index contributed by atoms with van der Waals surface area (Å²) in [5.74, 6) is 0. The fourth-order valence-electron chi connectivity index (χ4n) is 3.73. The monoisotopic (exact) mass is 255 g/mol. The minimum Gasteiger partial charge on any atom is -0.396 e. The zero-order valence-corrected chi connectivity index (χ0v) is 12.0. The molecular formula is C15H29NO2. The Bertz CT molecular complexity index is 251. The van der Waals surface area contributed by atoms with E-state index < -0.39 is 0 Å². The second-order valence-electron chi connectivity index (χ2n) is 6.42. The van der Waals surface area contributed by atoms with E-state index in [0.29, 0.717) is 18.8 Å². The Morgan fingerprint density at radius 3 is 2.56 bits per heavy atom. The topological polar surface area (TPSA) is 32.7 Å². The van der Waals surface area contributed by atoms with Crippen LogP contribution in [0.4, 0.5) is 0 Å². The second-order valence-corrected chi connectivity index (χ2v) is 6.42. The van der Waals surface area contributed by atoms with Crippen LogP contribution in [-0.2, 0) is 4.74 Å². The van der Waals surface area contributed by atoms with E-state index in [-0.39, 0.29) is 5.41 Å². The molecule has 2 unspecified atom stereocenters. The highest BCUT2D eigenvalue weighted by Gasteiger charge is 2.36. The Hall–Kier alpha value is -0.120. The van der Waals surface area contributed by atoms with Gasteiger partial charge in [0.2, 0.25) is 0 Å². The first kappa shape index (κ1) is 14.3. The SMILES string of the molecule is COC1CCN(CC2(CO)CCCCC2)C(C)C1. The van der Waals surface area contributed by atoms with Crippen molar-refractivity contribution in [3.8, 4) is 0 Å². The van der Waals surface area contributed by atoms with Crippen molar-refractivity contribution in [3.63, 3.8) is 0 Å². The molecule has 0 amide bonds. The van der Waals surface area contributed by atoms with E-state index in [4.69, 9.17) is 4.74 Å². The Labute approximate surface area is 112 Å². The van der Waals surface area contributed by atoms with Gasteiger partial charge in [0.15, 0.2) is 0 Å². The molecule has 0 bridgehead atoms. The molecule has 1 aliphatic heterocycles. The number of aliphatic hydroxyl groups is 1. The van der Waals surface area contributed by atoms with Gasteiger partial charge in [-0.15, -0.1) is 0 Å². The summed E-state index contributed by atoms with van der Waals surface area (Å²) in [7, 11) is 1.82. The quantitative estimate of drug-likeness (QED) is 0.837. The molecule has 18 heavy (non-hydrogen) atoms. The normalized spacial score (nSPS) is 33.5. The van der Waals surface area contributed by atoms with Crippen LogP contribution < -0.4 is 0 Å². The minimum absolute atomic E-state index is 0.187. The highest BCUT2D eigenvalue weighted by molar-refractivity contribution is 4.89. The fraction of sp³-hybridized carbons (Fsp3) is 1.00. The summed E-state index contributed by atoms with van der Waals surface area (Å²) in [5.41, 5.74) is 0.187. The highest BCUT2D eigenvalue weighted by atomic mass is 16.5. The number of hydrogen-bond donors (Lipinski definition) is 1. The van der Waals surface area contributed by atoms with Crippen molar-refractivity contribution in [2.75, 3.05) is 26.8 Å². The second kappa shape index (κ2) is 6.36. The lowest BCUT2D eigenvalue weighted by Crippen LogP contribution is -2.49. The van der Waals surface area contributed by atoms with Gasteiger partial charge in [0.25, 0.3) is 0 Å². The first-order valence-electron chi connectivity index (χ1n) is 7.57. The van der Waals surface area contributed by atoms with Gasteiger partial charge in [-0.05, 0) is 32.6 Å². The fourth-order valence-corrected chi connectivity index (χ4v) is 3.73. The lowest BCUT2D eigenvalue weighted by atomic mass is 9.74. The lowest BCUT2D eigenvalue weighted by molar-refractivity contribution is -0.0223. The van der Waals surface area contributed by atoms with Gasteiger partial charge >= 0.3 is 0 Å². The molecule has 1 saturated carbocycles. The van der Waals surface area contributed by atoms with Crippen LogP contribution in [0.1, 0.15) is 51.9 Å². The van der Waals surface area contributed by atoms with Crippen LogP contribution in [0.2, 0.25) is 0 Å². The van der Waals surface area contributed by atoms with Crippen molar-refractivity contribution in [1.82, 2.24) is 4.90 Å². The molecule has 0 spiro atoms. The largest absolute Gasteiger partial charge is 0.396 e. The summed E-state index contributed by atoms with van der Waals surface area (Å²) in [6, 6.07) is 0.592. The van der Waals surface area contributed by atoms with Gasteiger partial charge in [0.1, 0.15) is 0 Å². The standard InChI is InChI=1S/C15H29NO2/c1-13-10-14(18-2)6-9-16(13)11-15(12-17)7-4-3-5-8-15/h13-14,17H,3-12H2,1-2H3.